The van der Waals surface area contributed by atoms with Crippen LogP contribution in [0.15, 0.2) is 42.5 Å². The number of carbonyl (C=O) groups excluding carboxylic acids is 1. The molecule has 0 aliphatic carbocycles. The molecule has 0 saturated carbocycles. The van der Waals surface area contributed by atoms with E-state index in [9.17, 15) is 4.79 Å². The molecule has 0 bridgehead atoms. The zero-order valence-electron chi connectivity index (χ0n) is 15.5. The molecule has 1 aliphatic rings. The van der Waals surface area contributed by atoms with Gasteiger partial charge in [0.05, 0.1) is 33.8 Å². The Morgan fingerprint density at radius 3 is 2.54 bits per heavy atom. The van der Waals surface area contributed by atoms with Crippen LogP contribution in [0.3, 0.4) is 0 Å². The number of ether oxygens (including phenoxy) is 3. The SMILES string of the molecule is COc1cccc(C2CCCN2C(=O)Cc2ccc(OC)cc2OC)c1. The largest absolute Gasteiger partial charge is 0.497 e. The van der Waals surface area contributed by atoms with Crippen molar-refractivity contribution in [1.82, 2.24) is 4.90 Å². The van der Waals surface area contributed by atoms with Crippen LogP contribution in [0.1, 0.15) is 30.0 Å². The van der Waals surface area contributed by atoms with Crippen molar-refractivity contribution >= 4 is 5.91 Å². The first-order valence-electron chi connectivity index (χ1n) is 8.80. The lowest BCUT2D eigenvalue weighted by Crippen LogP contribution is -2.31. The topological polar surface area (TPSA) is 48.0 Å². The van der Waals surface area contributed by atoms with Crippen molar-refractivity contribution in [1.29, 1.82) is 0 Å². The van der Waals surface area contributed by atoms with E-state index in [4.69, 9.17) is 14.2 Å². The Kier molecular flexibility index (Phi) is 5.66. The summed E-state index contributed by atoms with van der Waals surface area (Å²) >= 11 is 0. The molecule has 1 atom stereocenters. The summed E-state index contributed by atoms with van der Waals surface area (Å²) in [6, 6.07) is 13.6. The third kappa shape index (κ3) is 3.77. The van der Waals surface area contributed by atoms with Gasteiger partial charge < -0.3 is 19.1 Å². The van der Waals surface area contributed by atoms with E-state index in [0.717, 1.165) is 36.3 Å². The van der Waals surface area contributed by atoms with Crippen molar-refractivity contribution in [3.05, 3.63) is 53.6 Å². The average molecular weight is 355 g/mol. The standard InChI is InChI=1S/C21H25NO4/c1-24-17-7-4-6-15(12-17)19-8-5-11-22(19)21(23)13-16-9-10-18(25-2)14-20(16)26-3/h4,6-7,9-10,12,14,19H,5,8,11,13H2,1-3H3. The maximum Gasteiger partial charge on any atom is 0.227 e. The molecule has 2 aromatic rings. The molecule has 1 heterocycles. The third-order valence-electron chi connectivity index (χ3n) is 4.89. The molecular formula is C21H25NO4. The maximum absolute atomic E-state index is 13.0. The smallest absolute Gasteiger partial charge is 0.227 e. The van der Waals surface area contributed by atoms with Crippen LogP contribution < -0.4 is 14.2 Å². The van der Waals surface area contributed by atoms with E-state index in [1.807, 2.05) is 41.3 Å². The lowest BCUT2D eigenvalue weighted by Gasteiger charge is -2.26. The number of nitrogens with zero attached hydrogens (tertiary/aromatic N) is 1. The summed E-state index contributed by atoms with van der Waals surface area (Å²) in [5.41, 5.74) is 1.99. The monoisotopic (exact) mass is 355 g/mol. The van der Waals surface area contributed by atoms with E-state index < -0.39 is 0 Å². The highest BCUT2D eigenvalue weighted by Gasteiger charge is 2.30. The number of amides is 1. The van der Waals surface area contributed by atoms with Crippen molar-refractivity contribution < 1.29 is 19.0 Å². The number of methoxy groups -OCH3 is 3. The Hall–Kier alpha value is -2.69. The summed E-state index contributed by atoms with van der Waals surface area (Å²) in [5.74, 6) is 2.32. The zero-order chi connectivity index (χ0) is 18.5. The highest BCUT2D eigenvalue weighted by Crippen LogP contribution is 2.34. The molecule has 5 nitrogen and oxygen atoms in total. The Morgan fingerprint density at radius 2 is 1.81 bits per heavy atom. The highest BCUT2D eigenvalue weighted by atomic mass is 16.5. The lowest BCUT2D eigenvalue weighted by molar-refractivity contribution is -0.131. The van der Waals surface area contributed by atoms with E-state index in [1.54, 1.807) is 21.3 Å². The molecule has 1 saturated heterocycles. The van der Waals surface area contributed by atoms with E-state index in [-0.39, 0.29) is 11.9 Å². The van der Waals surface area contributed by atoms with E-state index in [2.05, 4.69) is 6.07 Å². The van der Waals surface area contributed by atoms with Crippen LogP contribution in [0.25, 0.3) is 0 Å². The number of hydrogen-bond donors (Lipinski definition) is 0. The number of benzene rings is 2. The Bertz CT molecular complexity index is 774. The minimum atomic E-state index is 0.0989. The van der Waals surface area contributed by atoms with Crippen LogP contribution in [-0.4, -0.2) is 38.7 Å². The summed E-state index contributed by atoms with van der Waals surface area (Å²) in [6.45, 7) is 0.777. The summed E-state index contributed by atoms with van der Waals surface area (Å²) in [4.78, 5) is 15.0. The molecule has 0 spiro atoms. The van der Waals surface area contributed by atoms with E-state index in [1.165, 1.54) is 0 Å². The van der Waals surface area contributed by atoms with Crippen LogP contribution >= 0.6 is 0 Å². The predicted molar refractivity (Wildman–Crippen MR) is 99.9 cm³/mol. The van der Waals surface area contributed by atoms with Crippen LogP contribution in [0.4, 0.5) is 0 Å². The van der Waals surface area contributed by atoms with Gasteiger partial charge in [0.25, 0.3) is 0 Å². The summed E-state index contributed by atoms with van der Waals surface area (Å²) in [7, 11) is 4.88. The molecule has 1 fully saturated rings. The fourth-order valence-electron chi connectivity index (χ4n) is 3.52. The quantitative estimate of drug-likeness (QED) is 0.794. The van der Waals surface area contributed by atoms with Crippen molar-refractivity contribution in [3.63, 3.8) is 0 Å². The molecule has 0 radical (unpaired) electrons. The van der Waals surface area contributed by atoms with Gasteiger partial charge in [0.2, 0.25) is 5.91 Å². The van der Waals surface area contributed by atoms with Gasteiger partial charge in [-0.05, 0) is 36.6 Å². The summed E-state index contributed by atoms with van der Waals surface area (Å²) in [6.07, 6.45) is 2.29. The Labute approximate surface area is 154 Å². The van der Waals surface area contributed by atoms with Crippen LogP contribution in [-0.2, 0) is 11.2 Å². The van der Waals surface area contributed by atoms with Gasteiger partial charge in [0, 0.05) is 18.2 Å². The van der Waals surface area contributed by atoms with Gasteiger partial charge in [0.15, 0.2) is 0 Å². The van der Waals surface area contributed by atoms with Crippen molar-refractivity contribution in [2.75, 3.05) is 27.9 Å². The van der Waals surface area contributed by atoms with Crippen molar-refractivity contribution in [2.45, 2.75) is 25.3 Å². The second-order valence-corrected chi connectivity index (χ2v) is 6.38. The molecule has 1 aliphatic heterocycles. The van der Waals surface area contributed by atoms with Gasteiger partial charge in [0.1, 0.15) is 17.2 Å². The Morgan fingerprint density at radius 1 is 1.04 bits per heavy atom. The number of hydrogen-bond acceptors (Lipinski definition) is 4. The normalized spacial score (nSPS) is 16.4. The molecule has 2 aromatic carbocycles. The molecule has 5 heteroatoms. The van der Waals surface area contributed by atoms with Crippen LogP contribution in [0, 0.1) is 0 Å². The molecule has 0 aromatic heterocycles. The van der Waals surface area contributed by atoms with Gasteiger partial charge >= 0.3 is 0 Å². The van der Waals surface area contributed by atoms with Gasteiger partial charge in [-0.25, -0.2) is 0 Å². The minimum Gasteiger partial charge on any atom is -0.497 e. The first-order valence-corrected chi connectivity index (χ1v) is 8.80. The fraction of sp³-hybridized carbons (Fsp3) is 0.381. The fourth-order valence-corrected chi connectivity index (χ4v) is 3.52. The lowest BCUT2D eigenvalue weighted by atomic mass is 10.0. The van der Waals surface area contributed by atoms with Gasteiger partial charge in [-0.15, -0.1) is 0 Å². The maximum atomic E-state index is 13.0. The van der Waals surface area contributed by atoms with Crippen molar-refractivity contribution in [3.8, 4) is 17.2 Å². The minimum absolute atomic E-state index is 0.0989. The average Bonchev–Trinajstić information content (AvgIpc) is 3.18. The molecule has 1 amide bonds. The zero-order valence-corrected chi connectivity index (χ0v) is 15.5. The molecule has 26 heavy (non-hydrogen) atoms. The summed E-state index contributed by atoms with van der Waals surface area (Å²) in [5, 5.41) is 0. The first-order chi connectivity index (χ1) is 12.7. The van der Waals surface area contributed by atoms with Crippen molar-refractivity contribution in [2.24, 2.45) is 0 Å². The second kappa shape index (κ2) is 8.13. The molecular weight excluding hydrogens is 330 g/mol. The van der Waals surface area contributed by atoms with Gasteiger partial charge in [-0.1, -0.05) is 18.2 Å². The second-order valence-electron chi connectivity index (χ2n) is 6.38. The molecule has 1 unspecified atom stereocenters. The number of rotatable bonds is 6. The predicted octanol–water partition coefficient (Wildman–Crippen LogP) is 3.62. The van der Waals surface area contributed by atoms with Gasteiger partial charge in [-0.2, -0.15) is 0 Å². The number of carbonyl (C=O) groups is 1. The molecule has 138 valence electrons. The molecule has 3 rings (SSSR count). The first kappa shape index (κ1) is 18.1. The third-order valence-corrected chi connectivity index (χ3v) is 4.89. The number of likely N-dealkylation sites (tertiary alicyclic amines) is 1. The Balaban J connectivity index is 1.78. The van der Waals surface area contributed by atoms with E-state index >= 15 is 0 Å². The van der Waals surface area contributed by atoms with E-state index in [0.29, 0.717) is 17.9 Å². The van der Waals surface area contributed by atoms with Crippen LogP contribution in [0.5, 0.6) is 17.2 Å². The van der Waals surface area contributed by atoms with Gasteiger partial charge in [-0.3, -0.25) is 4.79 Å². The molecule has 0 N–H and O–H groups in total. The highest BCUT2D eigenvalue weighted by molar-refractivity contribution is 5.80. The summed E-state index contributed by atoms with van der Waals surface area (Å²) < 4.78 is 16.0. The van der Waals surface area contributed by atoms with Crippen LogP contribution in [0.2, 0.25) is 0 Å².